The summed E-state index contributed by atoms with van der Waals surface area (Å²) in [5.74, 6) is -0.923. The van der Waals surface area contributed by atoms with Gasteiger partial charge in [0.2, 0.25) is 0 Å². The molecular formula is C14H15NO3. The van der Waals surface area contributed by atoms with E-state index in [-0.39, 0.29) is 5.69 Å². The molecule has 0 amide bonds. The van der Waals surface area contributed by atoms with E-state index in [9.17, 15) is 4.79 Å². The van der Waals surface area contributed by atoms with Crippen molar-refractivity contribution in [1.29, 1.82) is 0 Å². The average Bonchev–Trinajstić information content (AvgIpc) is 2.72. The molecule has 0 radical (unpaired) electrons. The summed E-state index contributed by atoms with van der Waals surface area (Å²) in [5, 5.41) is 9.05. The van der Waals surface area contributed by atoms with Crippen molar-refractivity contribution in [2.75, 3.05) is 7.11 Å². The summed E-state index contributed by atoms with van der Waals surface area (Å²) in [7, 11) is 3.40. The summed E-state index contributed by atoms with van der Waals surface area (Å²) in [4.78, 5) is 11.0. The Morgan fingerprint density at radius 3 is 2.61 bits per heavy atom. The van der Waals surface area contributed by atoms with Gasteiger partial charge >= 0.3 is 5.97 Å². The molecule has 0 fully saturated rings. The fourth-order valence-corrected chi connectivity index (χ4v) is 2.05. The molecule has 0 aliphatic rings. The first-order chi connectivity index (χ1) is 8.65. The SMILES string of the molecule is COCc1ccccc1-c1ccc(C(=O)O)n1C. The van der Waals surface area contributed by atoms with Crippen LogP contribution >= 0.6 is 0 Å². The number of benzene rings is 1. The van der Waals surface area contributed by atoms with Crippen LogP contribution < -0.4 is 0 Å². The van der Waals surface area contributed by atoms with Gasteiger partial charge in [0.1, 0.15) is 5.69 Å². The topological polar surface area (TPSA) is 51.5 Å². The minimum atomic E-state index is -0.923. The van der Waals surface area contributed by atoms with Gasteiger partial charge in [-0.15, -0.1) is 0 Å². The highest BCUT2D eigenvalue weighted by atomic mass is 16.5. The van der Waals surface area contributed by atoms with Crippen molar-refractivity contribution in [1.82, 2.24) is 4.57 Å². The van der Waals surface area contributed by atoms with E-state index >= 15 is 0 Å². The van der Waals surface area contributed by atoms with Gasteiger partial charge in [0.05, 0.1) is 6.61 Å². The van der Waals surface area contributed by atoms with E-state index in [1.807, 2.05) is 30.3 Å². The van der Waals surface area contributed by atoms with Crippen LogP contribution in [-0.2, 0) is 18.4 Å². The molecule has 4 heteroatoms. The van der Waals surface area contributed by atoms with Gasteiger partial charge in [-0.05, 0) is 17.7 Å². The highest BCUT2D eigenvalue weighted by molar-refractivity contribution is 5.87. The zero-order chi connectivity index (χ0) is 13.1. The van der Waals surface area contributed by atoms with Crippen LogP contribution in [0.1, 0.15) is 16.1 Å². The molecule has 0 aliphatic heterocycles. The predicted molar refractivity (Wildman–Crippen MR) is 68.5 cm³/mol. The molecule has 0 spiro atoms. The summed E-state index contributed by atoms with van der Waals surface area (Å²) >= 11 is 0. The number of ether oxygens (including phenoxy) is 1. The molecule has 0 saturated heterocycles. The number of hydrogen-bond donors (Lipinski definition) is 1. The molecule has 1 N–H and O–H groups in total. The Balaban J connectivity index is 2.52. The summed E-state index contributed by atoms with van der Waals surface area (Å²) in [5.41, 5.74) is 3.18. The van der Waals surface area contributed by atoms with E-state index in [0.29, 0.717) is 6.61 Å². The van der Waals surface area contributed by atoms with Gasteiger partial charge in [-0.3, -0.25) is 0 Å². The van der Waals surface area contributed by atoms with E-state index in [4.69, 9.17) is 9.84 Å². The summed E-state index contributed by atoms with van der Waals surface area (Å²) in [6, 6.07) is 11.3. The van der Waals surface area contributed by atoms with Crippen LogP contribution in [0.3, 0.4) is 0 Å². The van der Waals surface area contributed by atoms with Crippen LogP contribution in [0.15, 0.2) is 36.4 Å². The first-order valence-electron chi connectivity index (χ1n) is 5.61. The fourth-order valence-electron chi connectivity index (χ4n) is 2.05. The smallest absolute Gasteiger partial charge is 0.352 e. The summed E-state index contributed by atoms with van der Waals surface area (Å²) in [6.07, 6.45) is 0. The number of carboxylic acid groups (broad SMARTS) is 1. The van der Waals surface area contributed by atoms with Crippen molar-refractivity contribution < 1.29 is 14.6 Å². The first kappa shape index (κ1) is 12.4. The maximum Gasteiger partial charge on any atom is 0.352 e. The van der Waals surface area contributed by atoms with E-state index in [0.717, 1.165) is 16.8 Å². The highest BCUT2D eigenvalue weighted by Gasteiger charge is 2.14. The Morgan fingerprint density at radius 2 is 2.00 bits per heavy atom. The van der Waals surface area contributed by atoms with Crippen LogP contribution in [-0.4, -0.2) is 22.8 Å². The zero-order valence-corrected chi connectivity index (χ0v) is 10.4. The van der Waals surface area contributed by atoms with Crippen LogP contribution in [0.5, 0.6) is 0 Å². The molecule has 1 aromatic carbocycles. The molecular weight excluding hydrogens is 230 g/mol. The molecule has 0 saturated carbocycles. The van der Waals surface area contributed by atoms with E-state index in [1.165, 1.54) is 0 Å². The molecule has 1 aromatic heterocycles. The number of rotatable bonds is 4. The molecule has 2 aromatic rings. The van der Waals surface area contributed by atoms with Crippen LogP contribution in [0, 0.1) is 0 Å². The van der Waals surface area contributed by atoms with E-state index < -0.39 is 5.97 Å². The Morgan fingerprint density at radius 1 is 1.28 bits per heavy atom. The third kappa shape index (κ3) is 2.15. The second-order valence-electron chi connectivity index (χ2n) is 4.06. The lowest BCUT2D eigenvalue weighted by Crippen LogP contribution is -2.05. The largest absolute Gasteiger partial charge is 0.477 e. The van der Waals surface area contributed by atoms with Crippen molar-refractivity contribution in [2.45, 2.75) is 6.61 Å². The third-order valence-electron chi connectivity index (χ3n) is 2.93. The molecule has 18 heavy (non-hydrogen) atoms. The van der Waals surface area contributed by atoms with Crippen molar-refractivity contribution in [3.8, 4) is 11.3 Å². The zero-order valence-electron chi connectivity index (χ0n) is 10.4. The number of nitrogens with zero attached hydrogens (tertiary/aromatic N) is 1. The lowest BCUT2D eigenvalue weighted by Gasteiger charge is -2.10. The van der Waals surface area contributed by atoms with Crippen LogP contribution in [0.25, 0.3) is 11.3 Å². The van der Waals surface area contributed by atoms with Gasteiger partial charge in [0, 0.05) is 25.4 Å². The van der Waals surface area contributed by atoms with Gasteiger partial charge in [-0.1, -0.05) is 24.3 Å². The maximum absolute atomic E-state index is 11.0. The van der Waals surface area contributed by atoms with Crippen molar-refractivity contribution in [3.63, 3.8) is 0 Å². The molecule has 1 heterocycles. The molecule has 2 rings (SSSR count). The normalized spacial score (nSPS) is 10.6. The number of aromatic carboxylic acids is 1. The number of carbonyl (C=O) groups is 1. The van der Waals surface area contributed by atoms with Crippen LogP contribution in [0.2, 0.25) is 0 Å². The van der Waals surface area contributed by atoms with E-state index in [2.05, 4.69) is 0 Å². The van der Waals surface area contributed by atoms with Crippen molar-refractivity contribution in [3.05, 3.63) is 47.7 Å². The first-order valence-corrected chi connectivity index (χ1v) is 5.61. The lowest BCUT2D eigenvalue weighted by atomic mass is 10.1. The number of aromatic nitrogens is 1. The summed E-state index contributed by atoms with van der Waals surface area (Å²) in [6.45, 7) is 0.504. The average molecular weight is 245 g/mol. The maximum atomic E-state index is 11.0. The highest BCUT2D eigenvalue weighted by Crippen LogP contribution is 2.25. The minimum absolute atomic E-state index is 0.275. The Hall–Kier alpha value is -2.07. The number of carboxylic acids is 1. The van der Waals surface area contributed by atoms with Crippen molar-refractivity contribution in [2.24, 2.45) is 7.05 Å². The Labute approximate surface area is 105 Å². The second kappa shape index (κ2) is 5.06. The molecule has 94 valence electrons. The van der Waals surface area contributed by atoms with Gasteiger partial charge < -0.3 is 14.4 Å². The van der Waals surface area contributed by atoms with Gasteiger partial charge in [0.15, 0.2) is 0 Å². The number of hydrogen-bond acceptors (Lipinski definition) is 2. The Kier molecular flexibility index (Phi) is 3.48. The van der Waals surface area contributed by atoms with Crippen LogP contribution in [0.4, 0.5) is 0 Å². The fraction of sp³-hybridized carbons (Fsp3) is 0.214. The standard InChI is InChI=1S/C14H15NO3/c1-15-12(7-8-13(15)14(16)17)11-6-4-3-5-10(11)9-18-2/h3-8H,9H2,1-2H3,(H,16,17). The molecule has 0 atom stereocenters. The third-order valence-corrected chi connectivity index (χ3v) is 2.93. The van der Waals surface area contributed by atoms with Gasteiger partial charge in [0.25, 0.3) is 0 Å². The summed E-state index contributed by atoms with van der Waals surface area (Å²) < 4.78 is 6.84. The predicted octanol–water partition coefficient (Wildman–Crippen LogP) is 2.54. The molecule has 0 bridgehead atoms. The quantitative estimate of drug-likeness (QED) is 0.900. The molecule has 4 nitrogen and oxygen atoms in total. The van der Waals surface area contributed by atoms with Gasteiger partial charge in [-0.25, -0.2) is 4.79 Å². The molecule has 0 aliphatic carbocycles. The Bertz CT molecular complexity index is 572. The lowest BCUT2D eigenvalue weighted by molar-refractivity contribution is 0.0687. The number of methoxy groups -OCH3 is 1. The molecule has 0 unspecified atom stereocenters. The van der Waals surface area contributed by atoms with Gasteiger partial charge in [-0.2, -0.15) is 0 Å². The van der Waals surface area contributed by atoms with E-state index in [1.54, 1.807) is 24.8 Å². The minimum Gasteiger partial charge on any atom is -0.477 e. The monoisotopic (exact) mass is 245 g/mol. The second-order valence-corrected chi connectivity index (χ2v) is 4.06. The van der Waals surface area contributed by atoms with Crippen molar-refractivity contribution >= 4 is 5.97 Å².